The van der Waals surface area contributed by atoms with Gasteiger partial charge in [0, 0.05) is 30.4 Å². The van der Waals surface area contributed by atoms with Crippen LogP contribution in [0.1, 0.15) is 45.9 Å². The standard InChI is InChI=1S/C21H25N3O2S2/c1-2-11-24(21-22-16-6-3-4-7-17(16)28-21)19(25)15-9-12-23(13-10-15)20(26)18-8-5-14-27-18/h2,5,8,14-15H,1,3-4,6-7,9-13H2. The Morgan fingerprint density at radius 2 is 2.07 bits per heavy atom. The first-order valence-electron chi connectivity index (χ1n) is 9.91. The first-order chi connectivity index (χ1) is 13.7. The number of piperidine rings is 1. The number of aromatic nitrogens is 1. The van der Waals surface area contributed by atoms with Crippen LogP contribution >= 0.6 is 22.7 Å². The third-order valence-corrected chi connectivity index (χ3v) is 7.54. The van der Waals surface area contributed by atoms with E-state index >= 15 is 0 Å². The van der Waals surface area contributed by atoms with Crippen molar-refractivity contribution in [3.05, 3.63) is 45.6 Å². The quantitative estimate of drug-likeness (QED) is 0.689. The lowest BCUT2D eigenvalue weighted by Crippen LogP contribution is -2.44. The number of fused-ring (bicyclic) bond motifs is 1. The molecule has 4 rings (SSSR count). The summed E-state index contributed by atoms with van der Waals surface area (Å²) in [5.74, 6) is 0.138. The molecule has 1 saturated heterocycles. The van der Waals surface area contributed by atoms with Crippen LogP contribution in [0.4, 0.5) is 5.13 Å². The van der Waals surface area contributed by atoms with E-state index in [4.69, 9.17) is 4.98 Å². The molecule has 1 fully saturated rings. The SMILES string of the molecule is C=CCN(C(=O)C1CCN(C(=O)c2cccs2)CC1)c1nc2c(s1)CCCC2. The Balaban J connectivity index is 1.43. The van der Waals surface area contributed by atoms with Gasteiger partial charge in [0.15, 0.2) is 5.13 Å². The van der Waals surface area contributed by atoms with Crippen molar-refractivity contribution in [3.8, 4) is 0 Å². The number of hydrogen-bond donors (Lipinski definition) is 0. The zero-order valence-electron chi connectivity index (χ0n) is 15.9. The fraction of sp³-hybridized carbons (Fsp3) is 0.476. The molecule has 0 bridgehead atoms. The Morgan fingerprint density at radius 1 is 1.29 bits per heavy atom. The highest BCUT2D eigenvalue weighted by molar-refractivity contribution is 7.16. The molecule has 2 aliphatic rings. The molecule has 7 heteroatoms. The van der Waals surface area contributed by atoms with E-state index in [0.29, 0.717) is 32.5 Å². The van der Waals surface area contributed by atoms with Crippen LogP contribution in [0.25, 0.3) is 0 Å². The number of carbonyl (C=O) groups excluding carboxylic acids is 2. The fourth-order valence-corrected chi connectivity index (χ4v) is 5.80. The summed E-state index contributed by atoms with van der Waals surface area (Å²) in [5, 5.41) is 2.73. The molecular weight excluding hydrogens is 390 g/mol. The van der Waals surface area contributed by atoms with Crippen LogP contribution in [0, 0.1) is 5.92 Å². The van der Waals surface area contributed by atoms with E-state index in [2.05, 4.69) is 6.58 Å². The maximum absolute atomic E-state index is 13.3. The summed E-state index contributed by atoms with van der Waals surface area (Å²) in [6, 6.07) is 3.76. The van der Waals surface area contributed by atoms with Crippen molar-refractivity contribution in [3.63, 3.8) is 0 Å². The van der Waals surface area contributed by atoms with Gasteiger partial charge >= 0.3 is 0 Å². The molecule has 0 aromatic carbocycles. The van der Waals surface area contributed by atoms with Crippen molar-refractivity contribution in [1.82, 2.24) is 9.88 Å². The fourth-order valence-electron chi connectivity index (χ4n) is 3.95. The largest absolute Gasteiger partial charge is 0.338 e. The van der Waals surface area contributed by atoms with Gasteiger partial charge in [-0.1, -0.05) is 12.1 Å². The maximum Gasteiger partial charge on any atom is 0.263 e. The van der Waals surface area contributed by atoms with Crippen LogP contribution in [0.3, 0.4) is 0 Å². The molecule has 0 radical (unpaired) electrons. The van der Waals surface area contributed by atoms with E-state index in [-0.39, 0.29) is 17.7 Å². The predicted octanol–water partition coefficient (Wildman–Crippen LogP) is 4.15. The lowest BCUT2D eigenvalue weighted by Gasteiger charge is -2.33. The zero-order valence-corrected chi connectivity index (χ0v) is 17.6. The molecule has 148 valence electrons. The van der Waals surface area contributed by atoms with Crippen LogP contribution in [0.5, 0.6) is 0 Å². The molecule has 0 atom stereocenters. The van der Waals surface area contributed by atoms with Gasteiger partial charge in [0.2, 0.25) is 5.91 Å². The summed E-state index contributed by atoms with van der Waals surface area (Å²) in [5.41, 5.74) is 1.17. The summed E-state index contributed by atoms with van der Waals surface area (Å²) < 4.78 is 0. The molecule has 1 aliphatic heterocycles. The van der Waals surface area contributed by atoms with E-state index in [1.165, 1.54) is 34.7 Å². The Hall–Kier alpha value is -1.99. The Morgan fingerprint density at radius 3 is 2.75 bits per heavy atom. The summed E-state index contributed by atoms with van der Waals surface area (Å²) >= 11 is 3.13. The Labute approximate surface area is 173 Å². The second-order valence-electron chi connectivity index (χ2n) is 7.35. The number of thiophene rings is 1. The zero-order chi connectivity index (χ0) is 19.5. The van der Waals surface area contributed by atoms with Crippen LogP contribution in [0.2, 0.25) is 0 Å². The molecule has 2 amide bonds. The van der Waals surface area contributed by atoms with Crippen molar-refractivity contribution in [1.29, 1.82) is 0 Å². The third kappa shape index (κ3) is 3.91. The molecule has 0 spiro atoms. The monoisotopic (exact) mass is 415 g/mol. The lowest BCUT2D eigenvalue weighted by molar-refractivity contribution is -0.123. The summed E-state index contributed by atoms with van der Waals surface area (Å²) in [6.45, 7) is 5.57. The number of amides is 2. The number of carbonyl (C=O) groups is 2. The minimum absolute atomic E-state index is 0.0618. The van der Waals surface area contributed by atoms with Crippen LogP contribution in [-0.4, -0.2) is 41.3 Å². The molecule has 28 heavy (non-hydrogen) atoms. The second kappa shape index (κ2) is 8.57. The first-order valence-corrected chi connectivity index (χ1v) is 11.6. The third-order valence-electron chi connectivity index (χ3n) is 5.51. The van der Waals surface area contributed by atoms with Gasteiger partial charge in [-0.3, -0.25) is 14.5 Å². The maximum atomic E-state index is 13.3. The van der Waals surface area contributed by atoms with E-state index in [9.17, 15) is 9.59 Å². The van der Waals surface area contributed by atoms with Crippen molar-refractivity contribution >= 4 is 39.6 Å². The highest BCUT2D eigenvalue weighted by Crippen LogP contribution is 2.33. The van der Waals surface area contributed by atoms with Gasteiger partial charge in [-0.25, -0.2) is 4.98 Å². The number of rotatable bonds is 5. The topological polar surface area (TPSA) is 53.5 Å². The highest BCUT2D eigenvalue weighted by Gasteiger charge is 2.32. The number of likely N-dealkylation sites (tertiary alicyclic amines) is 1. The molecule has 0 N–H and O–H groups in total. The summed E-state index contributed by atoms with van der Waals surface area (Å²) in [4.78, 5) is 36.3. The number of nitrogens with zero attached hydrogens (tertiary/aromatic N) is 3. The van der Waals surface area contributed by atoms with Crippen molar-refractivity contribution in [2.24, 2.45) is 5.92 Å². The molecule has 5 nitrogen and oxygen atoms in total. The minimum atomic E-state index is -0.0618. The van der Waals surface area contributed by atoms with E-state index < -0.39 is 0 Å². The number of hydrogen-bond acceptors (Lipinski definition) is 5. The van der Waals surface area contributed by atoms with Gasteiger partial charge < -0.3 is 4.90 Å². The number of thiazole rings is 1. The molecule has 3 heterocycles. The summed E-state index contributed by atoms with van der Waals surface area (Å²) in [6.07, 6.45) is 7.66. The number of aryl methyl sites for hydroxylation is 2. The molecular formula is C21H25N3O2S2. The average molecular weight is 416 g/mol. The van der Waals surface area contributed by atoms with Gasteiger partial charge in [0.1, 0.15) is 0 Å². The highest BCUT2D eigenvalue weighted by atomic mass is 32.1. The van der Waals surface area contributed by atoms with Gasteiger partial charge in [-0.05, 0) is 50.0 Å². The van der Waals surface area contributed by atoms with Crippen LogP contribution < -0.4 is 4.90 Å². The molecule has 2 aromatic heterocycles. The van der Waals surface area contributed by atoms with Crippen molar-refractivity contribution in [2.45, 2.75) is 38.5 Å². The van der Waals surface area contributed by atoms with Gasteiger partial charge in [0.25, 0.3) is 5.91 Å². The average Bonchev–Trinajstić information content (AvgIpc) is 3.41. The molecule has 0 unspecified atom stereocenters. The van der Waals surface area contributed by atoms with Crippen molar-refractivity contribution < 1.29 is 9.59 Å². The van der Waals surface area contributed by atoms with E-state index in [1.54, 1.807) is 22.3 Å². The second-order valence-corrected chi connectivity index (χ2v) is 9.36. The van der Waals surface area contributed by atoms with Gasteiger partial charge in [0.05, 0.1) is 10.6 Å². The lowest BCUT2D eigenvalue weighted by atomic mass is 9.95. The summed E-state index contributed by atoms with van der Waals surface area (Å²) in [7, 11) is 0. The van der Waals surface area contributed by atoms with Crippen molar-refractivity contribution in [2.75, 3.05) is 24.5 Å². The van der Waals surface area contributed by atoms with Gasteiger partial charge in [-0.15, -0.1) is 29.3 Å². The molecule has 1 aliphatic carbocycles. The first kappa shape index (κ1) is 19.3. The van der Waals surface area contributed by atoms with Crippen LogP contribution in [0.15, 0.2) is 30.2 Å². The van der Waals surface area contributed by atoms with E-state index in [1.807, 2.05) is 22.4 Å². The minimum Gasteiger partial charge on any atom is -0.338 e. The van der Waals surface area contributed by atoms with E-state index in [0.717, 1.165) is 22.9 Å². The van der Waals surface area contributed by atoms with Gasteiger partial charge in [-0.2, -0.15) is 0 Å². The van der Waals surface area contributed by atoms with Crippen LogP contribution in [-0.2, 0) is 17.6 Å². The number of anilines is 1. The molecule has 0 saturated carbocycles. The molecule has 2 aromatic rings. The predicted molar refractivity (Wildman–Crippen MR) is 114 cm³/mol. The Bertz CT molecular complexity index is 828. The normalized spacial score (nSPS) is 17.2. The Kier molecular flexibility index (Phi) is 5.92. The smallest absolute Gasteiger partial charge is 0.263 e.